The normalized spacial score (nSPS) is 15.8. The standard InChI is InChI=1S/C17H20N6S/c1-14-19-15(13-24-14)12-21-8-10-22(11-9-21)16-4-2-5-17(20-16)23-7-3-6-18-23/h2-7,13H,8-12H2,1H3. The fourth-order valence-corrected chi connectivity index (χ4v) is 3.57. The SMILES string of the molecule is Cc1nc(CN2CCN(c3cccc(-n4cccn4)n3)CC2)cs1. The highest BCUT2D eigenvalue weighted by Gasteiger charge is 2.19. The molecule has 0 spiro atoms. The molecule has 0 saturated carbocycles. The minimum absolute atomic E-state index is 0.859. The lowest BCUT2D eigenvalue weighted by Gasteiger charge is -2.35. The Balaban J connectivity index is 1.40. The fourth-order valence-electron chi connectivity index (χ4n) is 2.97. The zero-order valence-corrected chi connectivity index (χ0v) is 14.5. The van der Waals surface area contributed by atoms with Crippen molar-refractivity contribution in [1.82, 2.24) is 24.6 Å². The Kier molecular flexibility index (Phi) is 4.27. The molecule has 0 aliphatic carbocycles. The molecule has 7 heteroatoms. The molecule has 0 amide bonds. The topological polar surface area (TPSA) is 50.1 Å². The maximum atomic E-state index is 4.75. The number of hydrogen-bond acceptors (Lipinski definition) is 6. The van der Waals surface area contributed by atoms with Crippen LogP contribution in [0.25, 0.3) is 5.82 Å². The van der Waals surface area contributed by atoms with Gasteiger partial charge in [-0.2, -0.15) is 5.10 Å². The lowest BCUT2D eigenvalue weighted by atomic mass is 10.3. The number of thiazole rings is 1. The van der Waals surface area contributed by atoms with Gasteiger partial charge in [-0.25, -0.2) is 14.6 Å². The summed E-state index contributed by atoms with van der Waals surface area (Å²) in [6, 6.07) is 8.01. The Morgan fingerprint density at radius 1 is 1.04 bits per heavy atom. The number of anilines is 1. The number of rotatable bonds is 4. The average Bonchev–Trinajstić information content (AvgIpc) is 3.28. The Bertz CT molecular complexity index is 789. The van der Waals surface area contributed by atoms with E-state index in [2.05, 4.69) is 38.3 Å². The third-order valence-corrected chi connectivity index (χ3v) is 5.03. The lowest BCUT2D eigenvalue weighted by Crippen LogP contribution is -2.46. The second-order valence-electron chi connectivity index (χ2n) is 5.93. The van der Waals surface area contributed by atoms with Crippen LogP contribution in [0.5, 0.6) is 0 Å². The van der Waals surface area contributed by atoms with Crippen LogP contribution in [0, 0.1) is 6.92 Å². The van der Waals surface area contributed by atoms with Crippen LogP contribution in [0.3, 0.4) is 0 Å². The quantitative estimate of drug-likeness (QED) is 0.730. The van der Waals surface area contributed by atoms with E-state index >= 15 is 0 Å². The molecule has 0 N–H and O–H groups in total. The Morgan fingerprint density at radius 3 is 2.58 bits per heavy atom. The molecule has 1 fully saturated rings. The van der Waals surface area contributed by atoms with Gasteiger partial charge in [0.25, 0.3) is 0 Å². The van der Waals surface area contributed by atoms with Crippen LogP contribution in [-0.2, 0) is 6.54 Å². The number of hydrogen-bond donors (Lipinski definition) is 0. The summed E-state index contributed by atoms with van der Waals surface area (Å²) in [4.78, 5) is 14.1. The molecule has 4 heterocycles. The zero-order chi connectivity index (χ0) is 16.4. The third kappa shape index (κ3) is 3.32. The summed E-state index contributed by atoms with van der Waals surface area (Å²) in [5, 5.41) is 7.56. The van der Waals surface area contributed by atoms with Crippen LogP contribution >= 0.6 is 11.3 Å². The molecule has 1 aliphatic heterocycles. The van der Waals surface area contributed by atoms with Crippen LogP contribution in [0.2, 0.25) is 0 Å². The van der Waals surface area contributed by atoms with Gasteiger partial charge in [-0.05, 0) is 25.1 Å². The second kappa shape index (κ2) is 6.70. The fraction of sp³-hybridized carbons (Fsp3) is 0.353. The highest BCUT2D eigenvalue weighted by molar-refractivity contribution is 7.09. The van der Waals surface area contributed by atoms with E-state index in [1.165, 1.54) is 5.69 Å². The largest absolute Gasteiger partial charge is 0.354 e. The van der Waals surface area contributed by atoms with Crippen LogP contribution in [0.4, 0.5) is 5.82 Å². The van der Waals surface area contributed by atoms with Gasteiger partial charge < -0.3 is 4.90 Å². The van der Waals surface area contributed by atoms with Crippen LogP contribution in [-0.4, -0.2) is 50.8 Å². The maximum absolute atomic E-state index is 4.75. The molecule has 6 nitrogen and oxygen atoms in total. The van der Waals surface area contributed by atoms with Crippen LogP contribution in [0.1, 0.15) is 10.7 Å². The first-order chi connectivity index (χ1) is 11.8. The molecule has 4 rings (SSSR count). The summed E-state index contributed by atoms with van der Waals surface area (Å²) in [7, 11) is 0. The summed E-state index contributed by atoms with van der Waals surface area (Å²) in [5.74, 6) is 1.88. The highest BCUT2D eigenvalue weighted by atomic mass is 32.1. The van der Waals surface area contributed by atoms with Gasteiger partial charge in [-0.15, -0.1) is 11.3 Å². The third-order valence-electron chi connectivity index (χ3n) is 4.21. The molecule has 0 atom stereocenters. The Morgan fingerprint density at radius 2 is 1.88 bits per heavy atom. The number of aromatic nitrogens is 4. The summed E-state index contributed by atoms with van der Waals surface area (Å²) < 4.78 is 1.80. The van der Waals surface area contributed by atoms with E-state index in [1.807, 2.05) is 24.4 Å². The second-order valence-corrected chi connectivity index (χ2v) is 6.99. The van der Waals surface area contributed by atoms with E-state index in [-0.39, 0.29) is 0 Å². The number of nitrogens with zero attached hydrogens (tertiary/aromatic N) is 6. The molecule has 3 aromatic rings. The molecule has 0 aromatic carbocycles. The van der Waals surface area contributed by atoms with Crippen molar-refractivity contribution in [1.29, 1.82) is 0 Å². The van der Waals surface area contributed by atoms with E-state index in [0.717, 1.165) is 49.4 Å². The van der Waals surface area contributed by atoms with Crippen molar-refractivity contribution in [3.05, 3.63) is 52.7 Å². The van der Waals surface area contributed by atoms with Crippen LogP contribution < -0.4 is 4.90 Å². The van der Waals surface area contributed by atoms with Gasteiger partial charge in [0.2, 0.25) is 0 Å². The van der Waals surface area contributed by atoms with Gasteiger partial charge in [0.05, 0.1) is 10.7 Å². The summed E-state index contributed by atoms with van der Waals surface area (Å²) in [5.41, 5.74) is 1.18. The van der Waals surface area contributed by atoms with E-state index in [4.69, 9.17) is 4.98 Å². The molecule has 1 saturated heterocycles. The highest BCUT2D eigenvalue weighted by Crippen LogP contribution is 2.17. The molecule has 124 valence electrons. The van der Waals surface area contributed by atoms with E-state index in [9.17, 15) is 0 Å². The number of pyridine rings is 1. The smallest absolute Gasteiger partial charge is 0.155 e. The van der Waals surface area contributed by atoms with Gasteiger partial charge in [0, 0.05) is 50.5 Å². The average molecular weight is 340 g/mol. The molecule has 0 unspecified atom stereocenters. The van der Waals surface area contributed by atoms with Crippen molar-refractivity contribution in [3.63, 3.8) is 0 Å². The van der Waals surface area contributed by atoms with Gasteiger partial charge >= 0.3 is 0 Å². The molecular formula is C17H20N6S. The minimum atomic E-state index is 0.859. The van der Waals surface area contributed by atoms with Crippen molar-refractivity contribution < 1.29 is 0 Å². The maximum Gasteiger partial charge on any atom is 0.155 e. The first-order valence-corrected chi connectivity index (χ1v) is 9.01. The Hall–Kier alpha value is -2.25. The first-order valence-electron chi connectivity index (χ1n) is 8.13. The summed E-state index contributed by atoms with van der Waals surface area (Å²) in [6.45, 7) is 7.04. The predicted octanol–water partition coefficient (Wildman–Crippen LogP) is 2.35. The monoisotopic (exact) mass is 340 g/mol. The molecule has 0 bridgehead atoms. The zero-order valence-electron chi connectivity index (χ0n) is 13.7. The van der Waals surface area contributed by atoms with Crippen molar-refractivity contribution in [2.75, 3.05) is 31.1 Å². The van der Waals surface area contributed by atoms with Crippen molar-refractivity contribution in [3.8, 4) is 5.82 Å². The molecule has 24 heavy (non-hydrogen) atoms. The van der Waals surface area contributed by atoms with Gasteiger partial charge in [-0.3, -0.25) is 4.90 Å². The van der Waals surface area contributed by atoms with Gasteiger partial charge in [-0.1, -0.05) is 6.07 Å². The van der Waals surface area contributed by atoms with Gasteiger partial charge in [0.1, 0.15) is 5.82 Å². The molecule has 3 aromatic heterocycles. The molecular weight excluding hydrogens is 320 g/mol. The van der Waals surface area contributed by atoms with E-state index in [0.29, 0.717) is 0 Å². The lowest BCUT2D eigenvalue weighted by molar-refractivity contribution is 0.247. The van der Waals surface area contributed by atoms with Gasteiger partial charge in [0.15, 0.2) is 5.82 Å². The van der Waals surface area contributed by atoms with Crippen LogP contribution in [0.15, 0.2) is 42.0 Å². The van der Waals surface area contributed by atoms with Crippen molar-refractivity contribution in [2.24, 2.45) is 0 Å². The van der Waals surface area contributed by atoms with E-state index < -0.39 is 0 Å². The summed E-state index contributed by atoms with van der Waals surface area (Å²) in [6.07, 6.45) is 3.69. The Labute approximate surface area is 145 Å². The number of aryl methyl sites for hydroxylation is 1. The summed E-state index contributed by atoms with van der Waals surface area (Å²) >= 11 is 1.72. The van der Waals surface area contributed by atoms with E-state index in [1.54, 1.807) is 22.2 Å². The number of piperazine rings is 1. The minimum Gasteiger partial charge on any atom is -0.354 e. The van der Waals surface area contributed by atoms with Crippen molar-refractivity contribution >= 4 is 17.2 Å². The van der Waals surface area contributed by atoms with Crippen molar-refractivity contribution in [2.45, 2.75) is 13.5 Å². The molecule has 0 radical (unpaired) electrons. The molecule has 1 aliphatic rings. The first kappa shape index (κ1) is 15.3. The predicted molar refractivity (Wildman–Crippen MR) is 95.7 cm³/mol.